The predicted molar refractivity (Wildman–Crippen MR) is 38.9 cm³/mol. The van der Waals surface area contributed by atoms with Gasteiger partial charge in [-0.2, -0.15) is 0 Å². The maximum Gasteiger partial charge on any atom is 0.0698 e. The van der Waals surface area contributed by atoms with E-state index >= 15 is 0 Å². The van der Waals surface area contributed by atoms with Gasteiger partial charge in [-0.1, -0.05) is 28.1 Å². The summed E-state index contributed by atoms with van der Waals surface area (Å²) in [5.41, 5.74) is 0.803. The molecule has 0 aromatic heterocycles. The van der Waals surface area contributed by atoms with E-state index in [0.29, 0.717) is 0 Å². The Kier molecular flexibility index (Phi) is 2.25. The van der Waals surface area contributed by atoms with Crippen molar-refractivity contribution in [1.29, 1.82) is 0 Å². The molecule has 0 saturated heterocycles. The Hall–Kier alpha value is -0.340. The molecule has 0 aliphatic carbocycles. The van der Waals surface area contributed by atoms with Crippen molar-refractivity contribution in [3.05, 3.63) is 34.3 Å². The highest BCUT2D eigenvalue weighted by molar-refractivity contribution is 9.10. The minimum atomic E-state index is 0.0431. The fourth-order valence-corrected chi connectivity index (χ4v) is 0.964. The minimum Gasteiger partial charge on any atom is -0.392 e. The van der Waals surface area contributed by atoms with Crippen LogP contribution in [0.5, 0.6) is 0 Å². The number of hydrogen-bond donors (Lipinski definition) is 1. The third-order valence-electron chi connectivity index (χ3n) is 1.04. The van der Waals surface area contributed by atoms with Crippen LogP contribution in [0.1, 0.15) is 5.56 Å². The molecule has 1 aromatic rings. The van der Waals surface area contributed by atoms with E-state index in [2.05, 4.69) is 22.0 Å². The van der Waals surface area contributed by atoms with Crippen molar-refractivity contribution in [2.45, 2.75) is 6.61 Å². The van der Waals surface area contributed by atoms with E-state index in [9.17, 15) is 0 Å². The highest BCUT2D eigenvalue weighted by Gasteiger charge is 1.93. The lowest BCUT2D eigenvalue weighted by molar-refractivity contribution is 0.281. The molecule has 0 fully saturated rings. The second-order valence-electron chi connectivity index (χ2n) is 1.65. The molecule has 0 bridgehead atoms. The van der Waals surface area contributed by atoms with Crippen LogP contribution in [-0.2, 0) is 6.61 Å². The lowest BCUT2D eigenvalue weighted by Gasteiger charge is -1.95. The fraction of sp³-hybridized carbons (Fsp3) is 0.143. The zero-order valence-electron chi connectivity index (χ0n) is 4.76. The van der Waals surface area contributed by atoms with Crippen LogP contribution in [0.15, 0.2) is 22.7 Å². The van der Waals surface area contributed by atoms with Gasteiger partial charge in [0.05, 0.1) is 6.61 Å². The molecule has 1 aromatic carbocycles. The average Bonchev–Trinajstić information content (AvgIpc) is 1.89. The number of aliphatic hydroxyl groups is 1. The summed E-state index contributed by atoms with van der Waals surface area (Å²) < 4.78 is 0.910. The van der Waals surface area contributed by atoms with Gasteiger partial charge in [-0.25, -0.2) is 0 Å². The molecule has 9 heavy (non-hydrogen) atoms. The van der Waals surface area contributed by atoms with E-state index < -0.39 is 0 Å². The van der Waals surface area contributed by atoms with Gasteiger partial charge in [0.15, 0.2) is 0 Å². The SMILES string of the molecule is OCc1[c]cccc1Br. The van der Waals surface area contributed by atoms with Crippen molar-refractivity contribution in [3.63, 3.8) is 0 Å². The number of aliphatic hydroxyl groups excluding tert-OH is 1. The summed E-state index contributed by atoms with van der Waals surface area (Å²) in [5.74, 6) is 0. The topological polar surface area (TPSA) is 20.2 Å². The van der Waals surface area contributed by atoms with Crippen molar-refractivity contribution in [2.75, 3.05) is 0 Å². The maximum atomic E-state index is 8.66. The Morgan fingerprint density at radius 2 is 2.44 bits per heavy atom. The van der Waals surface area contributed by atoms with Gasteiger partial charge in [-0.15, -0.1) is 0 Å². The first-order valence-electron chi connectivity index (χ1n) is 2.60. The molecule has 0 amide bonds. The van der Waals surface area contributed by atoms with Gasteiger partial charge >= 0.3 is 0 Å². The molecule has 0 heterocycles. The van der Waals surface area contributed by atoms with Crippen molar-refractivity contribution in [1.82, 2.24) is 0 Å². The molecule has 1 nitrogen and oxygen atoms in total. The van der Waals surface area contributed by atoms with Crippen molar-refractivity contribution in [3.8, 4) is 0 Å². The molecule has 0 saturated carbocycles. The Bertz CT molecular complexity index is 198. The Morgan fingerprint density at radius 1 is 1.67 bits per heavy atom. The molecule has 1 rings (SSSR count). The van der Waals surface area contributed by atoms with Crippen LogP contribution in [-0.4, -0.2) is 5.11 Å². The summed E-state index contributed by atoms with van der Waals surface area (Å²) in [4.78, 5) is 0. The predicted octanol–water partition coefficient (Wildman–Crippen LogP) is 1.74. The Labute approximate surface area is 62.5 Å². The molecule has 2 heteroatoms. The van der Waals surface area contributed by atoms with Gasteiger partial charge in [0.25, 0.3) is 0 Å². The molecule has 0 unspecified atom stereocenters. The third kappa shape index (κ3) is 1.53. The molecule has 0 spiro atoms. The summed E-state index contributed by atoms with van der Waals surface area (Å²) in [5, 5.41) is 8.66. The largest absolute Gasteiger partial charge is 0.392 e. The first-order chi connectivity index (χ1) is 4.34. The third-order valence-corrected chi connectivity index (χ3v) is 1.79. The second kappa shape index (κ2) is 2.99. The van der Waals surface area contributed by atoms with Crippen LogP contribution in [0.2, 0.25) is 0 Å². The molecule has 1 radical (unpaired) electrons. The summed E-state index contributed by atoms with van der Waals surface area (Å²) in [7, 11) is 0. The van der Waals surface area contributed by atoms with Crippen LogP contribution in [0.3, 0.4) is 0 Å². The minimum absolute atomic E-state index is 0.0431. The Balaban J connectivity index is 3.01. The maximum absolute atomic E-state index is 8.66. The molecule has 0 aliphatic heterocycles. The summed E-state index contributed by atoms with van der Waals surface area (Å²) in [6.45, 7) is 0.0431. The zero-order valence-corrected chi connectivity index (χ0v) is 6.35. The van der Waals surface area contributed by atoms with E-state index in [-0.39, 0.29) is 6.61 Å². The van der Waals surface area contributed by atoms with Crippen LogP contribution in [0.25, 0.3) is 0 Å². The highest BCUT2D eigenvalue weighted by Crippen LogP contribution is 2.14. The van der Waals surface area contributed by atoms with Gasteiger partial charge in [-0.05, 0) is 17.7 Å². The number of rotatable bonds is 1. The molecule has 0 aliphatic rings. The molecule has 47 valence electrons. The van der Waals surface area contributed by atoms with E-state index in [0.717, 1.165) is 10.0 Å². The second-order valence-corrected chi connectivity index (χ2v) is 2.51. The molecule has 1 N–H and O–H groups in total. The summed E-state index contributed by atoms with van der Waals surface area (Å²) in [6.07, 6.45) is 0. The lowest BCUT2D eigenvalue weighted by Crippen LogP contribution is -1.82. The lowest BCUT2D eigenvalue weighted by atomic mass is 10.2. The summed E-state index contributed by atoms with van der Waals surface area (Å²) in [6, 6.07) is 8.40. The first-order valence-corrected chi connectivity index (χ1v) is 3.40. The van der Waals surface area contributed by atoms with Gasteiger partial charge in [0, 0.05) is 4.47 Å². The van der Waals surface area contributed by atoms with E-state index in [4.69, 9.17) is 5.11 Å². The van der Waals surface area contributed by atoms with Gasteiger partial charge in [0.2, 0.25) is 0 Å². The normalized spacial score (nSPS) is 9.56. The summed E-state index contributed by atoms with van der Waals surface area (Å²) >= 11 is 3.27. The van der Waals surface area contributed by atoms with E-state index in [1.54, 1.807) is 6.07 Å². The van der Waals surface area contributed by atoms with E-state index in [1.807, 2.05) is 12.1 Å². The number of benzene rings is 1. The standard InChI is InChI=1S/C7H6BrO/c8-7-4-2-1-3-6(7)5-9/h1-2,4,9H,5H2. The van der Waals surface area contributed by atoms with Crippen LogP contribution in [0.4, 0.5) is 0 Å². The zero-order chi connectivity index (χ0) is 6.69. The van der Waals surface area contributed by atoms with E-state index in [1.165, 1.54) is 0 Å². The highest BCUT2D eigenvalue weighted by atomic mass is 79.9. The molecular weight excluding hydrogens is 180 g/mol. The van der Waals surface area contributed by atoms with Crippen molar-refractivity contribution < 1.29 is 5.11 Å². The van der Waals surface area contributed by atoms with Crippen LogP contribution in [0, 0.1) is 6.07 Å². The van der Waals surface area contributed by atoms with Crippen LogP contribution < -0.4 is 0 Å². The molecule has 0 atom stereocenters. The first kappa shape index (κ1) is 6.78. The average molecular weight is 186 g/mol. The van der Waals surface area contributed by atoms with Gasteiger partial charge in [-0.3, -0.25) is 0 Å². The van der Waals surface area contributed by atoms with Gasteiger partial charge in [0.1, 0.15) is 0 Å². The van der Waals surface area contributed by atoms with Crippen LogP contribution >= 0.6 is 15.9 Å². The Morgan fingerprint density at radius 3 is 2.89 bits per heavy atom. The van der Waals surface area contributed by atoms with Crippen molar-refractivity contribution in [2.24, 2.45) is 0 Å². The smallest absolute Gasteiger partial charge is 0.0698 e. The number of halogens is 1. The quantitative estimate of drug-likeness (QED) is 0.708. The monoisotopic (exact) mass is 185 g/mol. The fourth-order valence-electron chi connectivity index (χ4n) is 0.572. The molecular formula is C7H6BrO. The number of hydrogen-bond acceptors (Lipinski definition) is 1. The van der Waals surface area contributed by atoms with Crippen molar-refractivity contribution >= 4 is 15.9 Å². The van der Waals surface area contributed by atoms with Gasteiger partial charge < -0.3 is 5.11 Å².